The Morgan fingerprint density at radius 2 is 0.477 bits per heavy atom. The van der Waals surface area contributed by atoms with Crippen LogP contribution in [-0.4, -0.2) is 13.7 Å². The fourth-order valence-corrected chi connectivity index (χ4v) is 11.5. The predicted octanol–water partition coefficient (Wildman–Crippen LogP) is 16.7. The van der Waals surface area contributed by atoms with E-state index in [1.165, 1.54) is 119 Å². The van der Waals surface area contributed by atoms with Crippen LogP contribution >= 0.6 is 0 Å². The largest absolute Gasteiger partial charge is 0.309 e. The van der Waals surface area contributed by atoms with Crippen molar-refractivity contribution in [3.63, 3.8) is 0 Å². The summed E-state index contributed by atoms with van der Waals surface area (Å²) < 4.78 is 7.48. The minimum absolute atomic E-state index is 1.13. The topological polar surface area (TPSA) is 14.8 Å². The molecule has 0 N–H and O–H groups in total. The highest BCUT2D eigenvalue weighted by Gasteiger charge is 2.22. The Labute approximate surface area is 372 Å². The molecule has 3 aromatic heterocycles. The first-order valence-corrected chi connectivity index (χ1v) is 22.5. The first-order chi connectivity index (χ1) is 32.2. The minimum atomic E-state index is 1.13. The number of aromatic nitrogens is 3. The van der Waals surface area contributed by atoms with Gasteiger partial charge in [-0.05, 0) is 115 Å². The van der Waals surface area contributed by atoms with Crippen LogP contribution in [0.15, 0.2) is 224 Å². The molecule has 3 heteroatoms. The van der Waals surface area contributed by atoms with E-state index in [0.29, 0.717) is 0 Å². The highest BCUT2D eigenvalue weighted by atomic mass is 15.0. The molecule has 15 rings (SSSR count). The maximum absolute atomic E-state index is 2.50. The molecule has 0 saturated heterocycles. The van der Waals surface area contributed by atoms with Gasteiger partial charge in [-0.1, -0.05) is 164 Å². The first kappa shape index (κ1) is 34.9. The van der Waals surface area contributed by atoms with Crippen molar-refractivity contribution in [1.29, 1.82) is 0 Å². The molecule has 0 amide bonds. The number of fused-ring (bicyclic) bond motifs is 18. The van der Waals surface area contributed by atoms with Gasteiger partial charge in [0.15, 0.2) is 0 Å². The molecular formula is C62H37N3. The van der Waals surface area contributed by atoms with Crippen LogP contribution in [0.5, 0.6) is 0 Å². The number of benzene rings is 12. The molecule has 65 heavy (non-hydrogen) atoms. The second-order valence-electron chi connectivity index (χ2n) is 17.7. The molecule has 0 saturated carbocycles. The second-order valence-corrected chi connectivity index (χ2v) is 17.7. The Hall–Kier alpha value is -8.66. The van der Waals surface area contributed by atoms with Gasteiger partial charge in [-0.15, -0.1) is 0 Å². The molecule has 3 heterocycles. The lowest BCUT2D eigenvalue weighted by Gasteiger charge is -2.13. The molecule has 12 aromatic carbocycles. The third kappa shape index (κ3) is 4.79. The quantitative estimate of drug-likeness (QED) is 0.169. The molecule has 0 aliphatic heterocycles. The van der Waals surface area contributed by atoms with E-state index >= 15 is 0 Å². The maximum Gasteiger partial charge on any atom is 0.0561 e. The van der Waals surface area contributed by atoms with Crippen LogP contribution in [0.3, 0.4) is 0 Å². The summed E-state index contributed by atoms with van der Waals surface area (Å²) >= 11 is 0. The molecule has 15 aromatic rings. The predicted molar refractivity (Wildman–Crippen MR) is 277 cm³/mol. The molecule has 0 unspecified atom stereocenters. The highest BCUT2D eigenvalue weighted by Crippen LogP contribution is 2.44. The van der Waals surface area contributed by atoms with Crippen LogP contribution < -0.4 is 0 Å². The monoisotopic (exact) mass is 823 g/mol. The summed E-state index contributed by atoms with van der Waals surface area (Å²) in [5, 5.41) is 20.2. The average molecular weight is 824 g/mol. The molecule has 0 bridgehead atoms. The molecule has 0 radical (unpaired) electrons. The summed E-state index contributed by atoms with van der Waals surface area (Å²) in [6.45, 7) is 0. The van der Waals surface area contributed by atoms with E-state index in [2.05, 4.69) is 238 Å². The van der Waals surface area contributed by atoms with Crippen molar-refractivity contribution in [2.45, 2.75) is 0 Å². The van der Waals surface area contributed by atoms with Crippen LogP contribution in [0.2, 0.25) is 0 Å². The zero-order valence-electron chi connectivity index (χ0n) is 35.2. The smallest absolute Gasteiger partial charge is 0.0561 e. The Morgan fingerprint density at radius 1 is 0.185 bits per heavy atom. The summed E-state index contributed by atoms with van der Waals surface area (Å²) in [4.78, 5) is 0. The summed E-state index contributed by atoms with van der Waals surface area (Å²) in [6, 6.07) is 83.5. The minimum Gasteiger partial charge on any atom is -0.309 e. The van der Waals surface area contributed by atoms with E-state index in [1.54, 1.807) is 0 Å². The van der Waals surface area contributed by atoms with Gasteiger partial charge in [0.2, 0.25) is 0 Å². The van der Waals surface area contributed by atoms with Crippen molar-refractivity contribution in [1.82, 2.24) is 13.7 Å². The lowest BCUT2D eigenvalue weighted by Crippen LogP contribution is -1.98. The van der Waals surface area contributed by atoms with E-state index < -0.39 is 0 Å². The summed E-state index contributed by atoms with van der Waals surface area (Å²) in [7, 11) is 0. The second kappa shape index (κ2) is 12.9. The number of rotatable bonds is 3. The number of hydrogen-bond donors (Lipinski definition) is 0. The normalized spacial score (nSPS) is 12.3. The van der Waals surface area contributed by atoms with Crippen LogP contribution in [0.4, 0.5) is 0 Å². The molecule has 0 fully saturated rings. The average Bonchev–Trinajstić information content (AvgIpc) is 4.02. The van der Waals surface area contributed by atoms with Crippen molar-refractivity contribution in [2.75, 3.05) is 0 Å². The van der Waals surface area contributed by atoms with Gasteiger partial charge in [0, 0.05) is 49.4 Å². The van der Waals surface area contributed by atoms with Crippen LogP contribution in [-0.2, 0) is 0 Å². The molecule has 0 aliphatic carbocycles. The molecule has 0 spiro atoms. The molecule has 0 atom stereocenters. The van der Waals surface area contributed by atoms with Crippen molar-refractivity contribution in [3.05, 3.63) is 224 Å². The van der Waals surface area contributed by atoms with Gasteiger partial charge in [0.25, 0.3) is 0 Å². The van der Waals surface area contributed by atoms with Gasteiger partial charge in [-0.25, -0.2) is 0 Å². The van der Waals surface area contributed by atoms with Gasteiger partial charge in [0.1, 0.15) is 0 Å². The van der Waals surface area contributed by atoms with Crippen molar-refractivity contribution in [3.8, 4) is 17.1 Å². The lowest BCUT2D eigenvalue weighted by atomic mass is 10.00. The lowest BCUT2D eigenvalue weighted by molar-refractivity contribution is 1.15. The molecule has 0 aliphatic rings. The van der Waals surface area contributed by atoms with Gasteiger partial charge in [-0.3, -0.25) is 0 Å². The third-order valence-corrected chi connectivity index (χ3v) is 14.3. The van der Waals surface area contributed by atoms with Crippen molar-refractivity contribution < 1.29 is 0 Å². The van der Waals surface area contributed by atoms with E-state index in [1.807, 2.05) is 0 Å². The van der Waals surface area contributed by atoms with Crippen LogP contribution in [0.1, 0.15) is 0 Å². The summed E-state index contributed by atoms with van der Waals surface area (Å²) in [5.74, 6) is 0. The molecule has 3 nitrogen and oxygen atoms in total. The SMILES string of the molecule is c1ccc2cc(-n3c4cc(-n5c6ccc7ccccc7c6c6c7ccccc7ccc65)ccc4c4ccc(-n5c6ccc7ccccc7c6c6c7ccccc7ccc65)cc43)ccc2c1. The standard InChI is InChI=1S/C62H37N3/c1-2-16-43-35-44(26-21-38(43)11-1)65-57-36-45(63-53-31-22-39-12-3-7-17-47(39)59(53)60-48-18-8-4-13-40(48)23-32-54(60)63)27-29-51(57)52-30-28-46(37-58(52)65)64-55-33-24-41-14-5-9-19-49(41)61(55)62-50-20-10-6-15-42(50)25-34-56(62)64/h1-37H. The third-order valence-electron chi connectivity index (χ3n) is 14.3. The fraction of sp³-hybridized carbons (Fsp3) is 0. The number of nitrogens with zero attached hydrogens (tertiary/aromatic N) is 3. The van der Waals surface area contributed by atoms with Gasteiger partial charge < -0.3 is 13.7 Å². The highest BCUT2D eigenvalue weighted by molar-refractivity contribution is 6.30. The van der Waals surface area contributed by atoms with Crippen molar-refractivity contribution in [2.24, 2.45) is 0 Å². The van der Waals surface area contributed by atoms with E-state index in [9.17, 15) is 0 Å². The van der Waals surface area contributed by atoms with E-state index in [0.717, 1.165) is 17.1 Å². The van der Waals surface area contributed by atoms with Gasteiger partial charge >= 0.3 is 0 Å². The Kier molecular flexibility index (Phi) is 6.95. The number of hydrogen-bond acceptors (Lipinski definition) is 0. The van der Waals surface area contributed by atoms with E-state index in [4.69, 9.17) is 0 Å². The zero-order valence-corrected chi connectivity index (χ0v) is 35.2. The van der Waals surface area contributed by atoms with Gasteiger partial charge in [-0.2, -0.15) is 0 Å². The van der Waals surface area contributed by atoms with E-state index in [-0.39, 0.29) is 0 Å². The Balaban J connectivity index is 1.05. The van der Waals surface area contributed by atoms with Crippen molar-refractivity contribution >= 4 is 119 Å². The summed E-state index contributed by atoms with van der Waals surface area (Å²) in [5.41, 5.74) is 10.6. The Morgan fingerprint density at radius 3 is 0.877 bits per heavy atom. The Bertz CT molecular complexity index is 4100. The summed E-state index contributed by atoms with van der Waals surface area (Å²) in [6.07, 6.45) is 0. The molecular weight excluding hydrogens is 787 g/mol. The van der Waals surface area contributed by atoms with Crippen LogP contribution in [0.25, 0.3) is 136 Å². The zero-order chi connectivity index (χ0) is 42.3. The fourth-order valence-electron chi connectivity index (χ4n) is 11.5. The molecule has 300 valence electrons. The maximum atomic E-state index is 2.50. The van der Waals surface area contributed by atoms with Gasteiger partial charge in [0.05, 0.1) is 33.1 Å². The first-order valence-electron chi connectivity index (χ1n) is 22.5. The van der Waals surface area contributed by atoms with Crippen LogP contribution in [0, 0.1) is 0 Å².